The van der Waals surface area contributed by atoms with Gasteiger partial charge in [-0.25, -0.2) is 4.39 Å². The first kappa shape index (κ1) is 15.2. The standard InChI is InChI=1S/C16H22ClFN2O/c17-14-4-3-12(18)11-13(14)15(19)16(5-1-2-6-16)20-7-9-21-10-8-20/h3-4,11,15H,1-2,5-10,19H2. The predicted molar refractivity (Wildman–Crippen MR) is 81.9 cm³/mol. The van der Waals surface area contributed by atoms with Crippen LogP contribution in [0.5, 0.6) is 0 Å². The molecule has 21 heavy (non-hydrogen) atoms. The number of nitrogens with two attached hydrogens (primary N) is 1. The molecule has 1 aliphatic carbocycles. The third kappa shape index (κ3) is 2.82. The van der Waals surface area contributed by atoms with Gasteiger partial charge in [-0.3, -0.25) is 4.90 Å². The van der Waals surface area contributed by atoms with E-state index in [0.29, 0.717) is 5.02 Å². The first-order chi connectivity index (χ1) is 10.1. The number of benzene rings is 1. The van der Waals surface area contributed by atoms with Gasteiger partial charge in [0.15, 0.2) is 0 Å². The van der Waals surface area contributed by atoms with Crippen molar-refractivity contribution in [3.8, 4) is 0 Å². The molecule has 0 radical (unpaired) electrons. The molecule has 1 saturated carbocycles. The summed E-state index contributed by atoms with van der Waals surface area (Å²) in [5, 5.41) is 0.559. The lowest BCUT2D eigenvalue weighted by Crippen LogP contribution is -2.57. The van der Waals surface area contributed by atoms with Crippen molar-refractivity contribution in [1.29, 1.82) is 0 Å². The zero-order valence-corrected chi connectivity index (χ0v) is 12.9. The van der Waals surface area contributed by atoms with Crippen molar-refractivity contribution in [3.05, 3.63) is 34.6 Å². The molecule has 2 aliphatic rings. The van der Waals surface area contributed by atoms with Crippen LogP contribution in [0, 0.1) is 5.82 Å². The van der Waals surface area contributed by atoms with Gasteiger partial charge in [-0.2, -0.15) is 0 Å². The second-order valence-corrected chi connectivity index (χ2v) is 6.46. The van der Waals surface area contributed by atoms with Gasteiger partial charge in [-0.15, -0.1) is 0 Å². The molecule has 116 valence electrons. The first-order valence-corrected chi connectivity index (χ1v) is 8.05. The van der Waals surface area contributed by atoms with Crippen LogP contribution in [0.1, 0.15) is 37.3 Å². The third-order valence-electron chi connectivity index (χ3n) is 4.98. The highest BCUT2D eigenvalue weighted by atomic mass is 35.5. The maximum Gasteiger partial charge on any atom is 0.123 e. The van der Waals surface area contributed by atoms with Crippen molar-refractivity contribution in [2.75, 3.05) is 26.3 Å². The maximum absolute atomic E-state index is 13.6. The van der Waals surface area contributed by atoms with Gasteiger partial charge < -0.3 is 10.5 Å². The highest BCUT2D eigenvalue weighted by molar-refractivity contribution is 6.31. The molecule has 1 atom stereocenters. The summed E-state index contributed by atoms with van der Waals surface area (Å²) in [7, 11) is 0. The zero-order chi connectivity index (χ0) is 14.9. The van der Waals surface area contributed by atoms with Gasteiger partial charge >= 0.3 is 0 Å². The average molecular weight is 313 g/mol. The van der Waals surface area contributed by atoms with Crippen LogP contribution in [0.25, 0.3) is 0 Å². The van der Waals surface area contributed by atoms with E-state index in [2.05, 4.69) is 4.90 Å². The molecular weight excluding hydrogens is 291 g/mol. The summed E-state index contributed by atoms with van der Waals surface area (Å²) in [6, 6.07) is 4.22. The summed E-state index contributed by atoms with van der Waals surface area (Å²) < 4.78 is 19.1. The molecular formula is C16H22ClFN2O. The van der Waals surface area contributed by atoms with Crippen LogP contribution in [0.2, 0.25) is 5.02 Å². The van der Waals surface area contributed by atoms with E-state index in [1.807, 2.05) is 0 Å². The fourth-order valence-corrected chi connectivity index (χ4v) is 4.10. The fraction of sp³-hybridized carbons (Fsp3) is 0.625. The van der Waals surface area contributed by atoms with Gasteiger partial charge in [0.1, 0.15) is 5.82 Å². The second kappa shape index (κ2) is 6.21. The Labute approximate surface area is 130 Å². The summed E-state index contributed by atoms with van der Waals surface area (Å²) in [6.07, 6.45) is 4.41. The summed E-state index contributed by atoms with van der Waals surface area (Å²) in [6.45, 7) is 3.26. The molecule has 1 saturated heterocycles. The first-order valence-electron chi connectivity index (χ1n) is 7.67. The summed E-state index contributed by atoms with van der Waals surface area (Å²) in [5.41, 5.74) is 7.22. The van der Waals surface area contributed by atoms with Crippen LogP contribution in [0.4, 0.5) is 4.39 Å². The molecule has 5 heteroatoms. The van der Waals surface area contributed by atoms with E-state index in [0.717, 1.165) is 57.6 Å². The number of ether oxygens (including phenoxy) is 1. The van der Waals surface area contributed by atoms with E-state index in [9.17, 15) is 4.39 Å². The second-order valence-electron chi connectivity index (χ2n) is 6.05. The van der Waals surface area contributed by atoms with Crippen molar-refractivity contribution in [1.82, 2.24) is 4.90 Å². The van der Waals surface area contributed by atoms with Crippen LogP contribution in [-0.4, -0.2) is 36.7 Å². The Hall–Kier alpha value is -0.680. The van der Waals surface area contributed by atoms with Gasteiger partial charge in [0.2, 0.25) is 0 Å². The highest BCUT2D eigenvalue weighted by Gasteiger charge is 2.45. The fourth-order valence-electron chi connectivity index (χ4n) is 3.86. The van der Waals surface area contributed by atoms with Gasteiger partial charge in [0.25, 0.3) is 0 Å². The average Bonchev–Trinajstić information content (AvgIpc) is 3.01. The van der Waals surface area contributed by atoms with Crippen LogP contribution in [-0.2, 0) is 4.74 Å². The van der Waals surface area contributed by atoms with Crippen LogP contribution in [0.3, 0.4) is 0 Å². The smallest absolute Gasteiger partial charge is 0.123 e. The summed E-state index contributed by atoms with van der Waals surface area (Å²) in [4.78, 5) is 2.44. The quantitative estimate of drug-likeness (QED) is 0.932. The minimum absolute atomic E-state index is 0.110. The molecule has 0 bridgehead atoms. The Bertz CT molecular complexity index is 499. The molecule has 1 heterocycles. The zero-order valence-electron chi connectivity index (χ0n) is 12.2. The number of hydrogen-bond acceptors (Lipinski definition) is 3. The lowest BCUT2D eigenvalue weighted by molar-refractivity contribution is -0.0311. The Morgan fingerprint density at radius 1 is 1.24 bits per heavy atom. The molecule has 1 unspecified atom stereocenters. The Kier molecular flexibility index (Phi) is 4.50. The third-order valence-corrected chi connectivity index (χ3v) is 5.33. The van der Waals surface area contributed by atoms with Gasteiger partial charge in [-0.1, -0.05) is 24.4 Å². The van der Waals surface area contributed by atoms with E-state index in [4.69, 9.17) is 22.1 Å². The van der Waals surface area contributed by atoms with Gasteiger partial charge in [0.05, 0.1) is 13.2 Å². The molecule has 2 N–H and O–H groups in total. The molecule has 0 amide bonds. The molecule has 1 aromatic carbocycles. The Balaban J connectivity index is 1.94. The molecule has 1 aromatic rings. The van der Waals surface area contributed by atoms with Crippen molar-refractivity contribution in [3.63, 3.8) is 0 Å². The predicted octanol–water partition coefficient (Wildman–Crippen LogP) is 3.12. The van der Waals surface area contributed by atoms with E-state index in [1.54, 1.807) is 6.07 Å². The van der Waals surface area contributed by atoms with E-state index in [1.165, 1.54) is 12.1 Å². The van der Waals surface area contributed by atoms with Gasteiger partial charge in [-0.05, 0) is 36.6 Å². The summed E-state index contributed by atoms with van der Waals surface area (Å²) in [5.74, 6) is -0.278. The SMILES string of the molecule is NC(c1cc(F)ccc1Cl)C1(N2CCOCC2)CCCC1. The summed E-state index contributed by atoms with van der Waals surface area (Å²) >= 11 is 6.28. The lowest BCUT2D eigenvalue weighted by atomic mass is 9.82. The number of nitrogens with zero attached hydrogens (tertiary/aromatic N) is 1. The molecule has 3 nitrogen and oxygen atoms in total. The number of morpholine rings is 1. The van der Waals surface area contributed by atoms with Gasteiger partial charge in [0, 0.05) is 29.7 Å². The molecule has 3 rings (SSSR count). The topological polar surface area (TPSA) is 38.5 Å². The van der Waals surface area contributed by atoms with Crippen molar-refractivity contribution >= 4 is 11.6 Å². The largest absolute Gasteiger partial charge is 0.379 e. The van der Waals surface area contributed by atoms with Crippen molar-refractivity contribution in [2.24, 2.45) is 5.73 Å². The van der Waals surface area contributed by atoms with Crippen LogP contribution < -0.4 is 5.73 Å². The molecule has 2 fully saturated rings. The van der Waals surface area contributed by atoms with E-state index in [-0.39, 0.29) is 17.4 Å². The number of hydrogen-bond donors (Lipinski definition) is 1. The van der Waals surface area contributed by atoms with E-state index >= 15 is 0 Å². The minimum atomic E-state index is -0.278. The highest BCUT2D eigenvalue weighted by Crippen LogP contribution is 2.45. The molecule has 0 spiro atoms. The van der Waals surface area contributed by atoms with Crippen molar-refractivity contribution < 1.29 is 9.13 Å². The van der Waals surface area contributed by atoms with Crippen LogP contribution in [0.15, 0.2) is 18.2 Å². The van der Waals surface area contributed by atoms with Crippen LogP contribution >= 0.6 is 11.6 Å². The monoisotopic (exact) mass is 312 g/mol. The normalized spacial score (nSPS) is 24.1. The molecule has 1 aliphatic heterocycles. The van der Waals surface area contributed by atoms with Crippen molar-refractivity contribution in [2.45, 2.75) is 37.3 Å². The minimum Gasteiger partial charge on any atom is -0.379 e. The van der Waals surface area contributed by atoms with E-state index < -0.39 is 0 Å². The number of halogens is 2. The Morgan fingerprint density at radius 2 is 1.90 bits per heavy atom. The lowest BCUT2D eigenvalue weighted by Gasteiger charge is -2.47. The maximum atomic E-state index is 13.6. The number of rotatable bonds is 3. The Morgan fingerprint density at radius 3 is 2.57 bits per heavy atom. The molecule has 0 aromatic heterocycles.